The number of hydrogen-bond donors (Lipinski definition) is 1. The van der Waals surface area contributed by atoms with E-state index in [9.17, 15) is 9.18 Å². The van der Waals surface area contributed by atoms with Crippen LogP contribution in [0, 0.1) is 5.82 Å². The molecule has 1 N–H and O–H groups in total. The molecule has 3 aromatic heterocycles. The molecule has 0 radical (unpaired) electrons. The van der Waals surface area contributed by atoms with Crippen molar-refractivity contribution >= 4 is 5.78 Å². The first-order chi connectivity index (χ1) is 12.0. The third-order valence-electron chi connectivity index (χ3n) is 4.02. The molecule has 0 saturated heterocycles. The second kappa shape index (κ2) is 5.66. The van der Waals surface area contributed by atoms with E-state index in [0.717, 1.165) is 11.3 Å². The minimum atomic E-state index is -0.306. The summed E-state index contributed by atoms with van der Waals surface area (Å²) in [5.41, 5.74) is 2.54. The van der Waals surface area contributed by atoms with Crippen molar-refractivity contribution in [3.8, 4) is 16.9 Å². The van der Waals surface area contributed by atoms with Crippen LogP contribution in [0.3, 0.4) is 0 Å². The lowest BCUT2D eigenvalue weighted by molar-refractivity contribution is 0.627. The van der Waals surface area contributed by atoms with Gasteiger partial charge < -0.3 is 4.98 Å². The Hall–Kier alpha value is -3.29. The molecule has 0 fully saturated rings. The summed E-state index contributed by atoms with van der Waals surface area (Å²) in [5.74, 6) is 0.0558. The largest absolute Gasteiger partial charge is 0.323 e. The van der Waals surface area contributed by atoms with Gasteiger partial charge in [-0.15, -0.1) is 0 Å². The first kappa shape index (κ1) is 15.3. The Morgan fingerprint density at radius 2 is 1.92 bits per heavy atom. The molecule has 0 amide bonds. The number of nitrogens with zero attached hydrogens (tertiary/aromatic N) is 5. The second-order valence-electron chi connectivity index (χ2n) is 6.02. The number of halogens is 1. The summed E-state index contributed by atoms with van der Waals surface area (Å²) in [6.07, 6.45) is 4.79. The van der Waals surface area contributed by atoms with Gasteiger partial charge in [-0.05, 0) is 30.2 Å². The van der Waals surface area contributed by atoms with Crippen molar-refractivity contribution in [1.29, 1.82) is 0 Å². The number of rotatable bonds is 3. The summed E-state index contributed by atoms with van der Waals surface area (Å²) in [7, 11) is 0. The van der Waals surface area contributed by atoms with E-state index in [0.29, 0.717) is 17.0 Å². The Morgan fingerprint density at radius 1 is 1.16 bits per heavy atom. The second-order valence-corrected chi connectivity index (χ2v) is 6.02. The topological polar surface area (TPSA) is 80.9 Å². The van der Waals surface area contributed by atoms with Crippen molar-refractivity contribution in [3.63, 3.8) is 0 Å². The fourth-order valence-corrected chi connectivity index (χ4v) is 2.83. The van der Waals surface area contributed by atoms with Crippen LogP contribution in [-0.2, 0) is 0 Å². The highest BCUT2D eigenvalue weighted by Crippen LogP contribution is 2.25. The number of aromatic nitrogens is 6. The summed E-state index contributed by atoms with van der Waals surface area (Å²) < 4.78 is 16.0. The van der Waals surface area contributed by atoms with Crippen LogP contribution < -0.4 is 5.56 Å². The van der Waals surface area contributed by atoms with Crippen LogP contribution >= 0.6 is 0 Å². The van der Waals surface area contributed by atoms with Gasteiger partial charge in [0.25, 0.3) is 5.56 Å². The van der Waals surface area contributed by atoms with E-state index in [1.54, 1.807) is 29.2 Å². The molecule has 8 heteroatoms. The third kappa shape index (κ3) is 2.51. The minimum Gasteiger partial charge on any atom is -0.323 e. The fraction of sp³-hybridized carbons (Fsp3) is 0.176. The molecule has 25 heavy (non-hydrogen) atoms. The number of aromatic amines is 1. The standard InChI is InChI=1S/C17H15FN6O/c1-10(2)14-15(22-17-19-9-21-24(17)16(14)25)11-7-20-23(8-11)13-5-3-12(18)4-6-13/h3-10H,1-2H3,(H,19,21,22). The Kier molecular flexibility index (Phi) is 3.45. The van der Waals surface area contributed by atoms with Gasteiger partial charge in [0, 0.05) is 17.3 Å². The summed E-state index contributed by atoms with van der Waals surface area (Å²) in [6, 6.07) is 6.03. The van der Waals surface area contributed by atoms with Gasteiger partial charge in [-0.3, -0.25) is 4.79 Å². The average Bonchev–Trinajstić information content (AvgIpc) is 3.24. The number of H-pyrrole nitrogens is 1. The first-order valence-corrected chi connectivity index (χ1v) is 7.81. The highest BCUT2D eigenvalue weighted by Gasteiger charge is 2.19. The lowest BCUT2D eigenvalue weighted by atomic mass is 10.00. The maximum atomic E-state index is 13.1. The van der Waals surface area contributed by atoms with E-state index >= 15 is 0 Å². The first-order valence-electron chi connectivity index (χ1n) is 7.81. The minimum absolute atomic E-state index is 0.0125. The summed E-state index contributed by atoms with van der Waals surface area (Å²) in [5, 5.41) is 8.28. The molecule has 4 aromatic rings. The number of nitrogens with one attached hydrogen (secondary N) is 1. The van der Waals surface area contributed by atoms with Gasteiger partial charge in [0.15, 0.2) is 0 Å². The lowest BCUT2D eigenvalue weighted by Crippen LogP contribution is -2.22. The molecule has 0 aliphatic carbocycles. The maximum absolute atomic E-state index is 13.1. The van der Waals surface area contributed by atoms with Crippen molar-refractivity contribution < 1.29 is 4.39 Å². The summed E-state index contributed by atoms with van der Waals surface area (Å²) in [4.78, 5) is 19.9. The Bertz CT molecular complexity index is 1110. The quantitative estimate of drug-likeness (QED) is 0.622. The molecular formula is C17H15FN6O. The average molecular weight is 338 g/mol. The molecule has 0 spiro atoms. The van der Waals surface area contributed by atoms with Crippen LogP contribution in [-0.4, -0.2) is 29.4 Å². The zero-order chi connectivity index (χ0) is 17.6. The van der Waals surface area contributed by atoms with Crippen molar-refractivity contribution in [2.75, 3.05) is 0 Å². The number of hydrogen-bond acceptors (Lipinski definition) is 4. The molecule has 7 nitrogen and oxygen atoms in total. The molecule has 3 heterocycles. The van der Waals surface area contributed by atoms with Gasteiger partial charge in [-0.1, -0.05) is 13.8 Å². The van der Waals surface area contributed by atoms with Crippen LogP contribution in [0.5, 0.6) is 0 Å². The highest BCUT2D eigenvalue weighted by atomic mass is 19.1. The predicted octanol–water partition coefficient (Wildman–Crippen LogP) is 2.53. The zero-order valence-corrected chi connectivity index (χ0v) is 13.6. The molecule has 0 saturated carbocycles. The van der Waals surface area contributed by atoms with E-state index in [2.05, 4.69) is 20.2 Å². The molecule has 0 unspecified atom stereocenters. The van der Waals surface area contributed by atoms with Gasteiger partial charge in [0.2, 0.25) is 5.78 Å². The molecule has 126 valence electrons. The Balaban J connectivity index is 1.89. The summed E-state index contributed by atoms with van der Waals surface area (Å²) in [6.45, 7) is 3.89. The lowest BCUT2D eigenvalue weighted by Gasteiger charge is -2.10. The van der Waals surface area contributed by atoms with Gasteiger partial charge in [-0.25, -0.2) is 9.07 Å². The number of benzene rings is 1. The van der Waals surface area contributed by atoms with Crippen molar-refractivity contribution in [3.05, 3.63) is 64.7 Å². The van der Waals surface area contributed by atoms with E-state index < -0.39 is 0 Å². The molecule has 4 rings (SSSR count). The van der Waals surface area contributed by atoms with Crippen LogP contribution in [0.4, 0.5) is 4.39 Å². The zero-order valence-electron chi connectivity index (χ0n) is 13.6. The smallest absolute Gasteiger partial charge is 0.279 e. The monoisotopic (exact) mass is 338 g/mol. The maximum Gasteiger partial charge on any atom is 0.279 e. The third-order valence-corrected chi connectivity index (χ3v) is 4.02. The van der Waals surface area contributed by atoms with Crippen LogP contribution in [0.25, 0.3) is 22.7 Å². The van der Waals surface area contributed by atoms with Gasteiger partial charge >= 0.3 is 0 Å². The van der Waals surface area contributed by atoms with Gasteiger partial charge in [0.05, 0.1) is 17.6 Å². The van der Waals surface area contributed by atoms with Gasteiger partial charge in [0.1, 0.15) is 12.1 Å². The van der Waals surface area contributed by atoms with Crippen LogP contribution in [0.1, 0.15) is 25.3 Å². The Morgan fingerprint density at radius 3 is 2.64 bits per heavy atom. The highest BCUT2D eigenvalue weighted by molar-refractivity contribution is 5.64. The summed E-state index contributed by atoms with van der Waals surface area (Å²) >= 11 is 0. The fourth-order valence-electron chi connectivity index (χ4n) is 2.83. The van der Waals surface area contributed by atoms with E-state index in [1.165, 1.54) is 23.0 Å². The van der Waals surface area contributed by atoms with E-state index in [-0.39, 0.29) is 17.3 Å². The molecule has 0 aliphatic heterocycles. The predicted molar refractivity (Wildman–Crippen MR) is 90.2 cm³/mol. The van der Waals surface area contributed by atoms with Crippen molar-refractivity contribution in [2.45, 2.75) is 19.8 Å². The SMILES string of the molecule is CC(C)c1c(-c2cnn(-c3ccc(F)cc3)c2)[nH]c2ncnn2c1=O. The molecule has 1 aromatic carbocycles. The molecular weight excluding hydrogens is 323 g/mol. The molecule has 0 atom stereocenters. The van der Waals surface area contributed by atoms with E-state index in [1.807, 2.05) is 13.8 Å². The van der Waals surface area contributed by atoms with E-state index in [4.69, 9.17) is 0 Å². The van der Waals surface area contributed by atoms with Crippen LogP contribution in [0.15, 0.2) is 47.8 Å². The Labute approximate surface area is 141 Å². The van der Waals surface area contributed by atoms with Crippen molar-refractivity contribution in [2.24, 2.45) is 0 Å². The molecule has 0 bridgehead atoms. The van der Waals surface area contributed by atoms with Crippen molar-refractivity contribution in [1.82, 2.24) is 29.4 Å². The van der Waals surface area contributed by atoms with Crippen LogP contribution in [0.2, 0.25) is 0 Å². The van der Waals surface area contributed by atoms with Gasteiger partial charge in [-0.2, -0.15) is 19.7 Å². The molecule has 0 aliphatic rings. The normalized spacial score (nSPS) is 11.5. The number of fused-ring (bicyclic) bond motifs is 1.